The van der Waals surface area contributed by atoms with Gasteiger partial charge in [-0.25, -0.2) is 17.6 Å². The smallest absolute Gasteiger partial charge is 0.340 e. The van der Waals surface area contributed by atoms with Crippen LogP contribution in [0, 0.1) is 12.7 Å². The Morgan fingerprint density at radius 3 is 2.29 bits per heavy atom. The molecule has 34 heavy (non-hydrogen) atoms. The van der Waals surface area contributed by atoms with Gasteiger partial charge >= 0.3 is 5.97 Å². The van der Waals surface area contributed by atoms with Crippen LogP contribution in [0.25, 0.3) is 0 Å². The number of ether oxygens (including phenoxy) is 1. The lowest BCUT2D eigenvalue weighted by atomic mass is 10.1. The monoisotopic (exact) mass is 484 g/mol. The van der Waals surface area contributed by atoms with Gasteiger partial charge in [0.05, 0.1) is 16.1 Å². The first kappa shape index (κ1) is 24.6. The minimum absolute atomic E-state index is 0.0525. The number of anilines is 2. The second kappa shape index (κ2) is 10.3. The zero-order chi connectivity index (χ0) is 24.9. The molecule has 10 heteroatoms. The summed E-state index contributed by atoms with van der Waals surface area (Å²) in [7, 11) is -4.13. The van der Waals surface area contributed by atoms with Gasteiger partial charge in [-0.3, -0.25) is 14.3 Å². The molecule has 3 aromatic carbocycles. The van der Waals surface area contributed by atoms with Crippen LogP contribution in [0.4, 0.5) is 15.8 Å². The van der Waals surface area contributed by atoms with E-state index >= 15 is 0 Å². The van der Waals surface area contributed by atoms with Gasteiger partial charge in [0.1, 0.15) is 5.82 Å². The normalized spacial score (nSPS) is 10.9. The van der Waals surface area contributed by atoms with E-state index in [0.717, 1.165) is 18.2 Å². The Labute approximate surface area is 195 Å². The Bertz CT molecular complexity index is 1350. The van der Waals surface area contributed by atoms with Crippen molar-refractivity contribution in [2.75, 3.05) is 16.6 Å². The Hall–Kier alpha value is -4.05. The summed E-state index contributed by atoms with van der Waals surface area (Å²) in [6, 6.07) is 15.0. The van der Waals surface area contributed by atoms with Crippen molar-refractivity contribution in [2.24, 2.45) is 0 Å². The molecule has 0 fully saturated rings. The van der Waals surface area contributed by atoms with Crippen LogP contribution in [0.2, 0.25) is 0 Å². The number of para-hydroxylation sites is 1. The van der Waals surface area contributed by atoms with Crippen LogP contribution in [0.1, 0.15) is 33.2 Å². The molecule has 0 spiro atoms. The van der Waals surface area contributed by atoms with E-state index in [1.807, 2.05) is 0 Å². The fourth-order valence-electron chi connectivity index (χ4n) is 3.10. The minimum atomic E-state index is -4.13. The fraction of sp³-hybridized carbons (Fsp3) is 0.125. The van der Waals surface area contributed by atoms with Crippen LogP contribution in [-0.2, 0) is 19.6 Å². The SMILES string of the molecule is CC(=O)Nc1ccc(C(=O)COC(=O)c2ccccc2NS(=O)(=O)c2ccc(F)cc2C)cc1. The third kappa shape index (κ3) is 6.04. The second-order valence-electron chi connectivity index (χ2n) is 7.32. The van der Waals surface area contributed by atoms with Gasteiger partial charge in [-0.15, -0.1) is 0 Å². The van der Waals surface area contributed by atoms with Gasteiger partial charge in [-0.1, -0.05) is 12.1 Å². The summed E-state index contributed by atoms with van der Waals surface area (Å²) in [5.41, 5.74) is 0.826. The highest BCUT2D eigenvalue weighted by atomic mass is 32.2. The van der Waals surface area contributed by atoms with E-state index in [1.165, 1.54) is 62.4 Å². The molecule has 1 amide bonds. The third-order valence-electron chi connectivity index (χ3n) is 4.68. The van der Waals surface area contributed by atoms with Crippen molar-refractivity contribution in [3.05, 3.63) is 89.2 Å². The highest BCUT2D eigenvalue weighted by molar-refractivity contribution is 7.92. The van der Waals surface area contributed by atoms with Crippen LogP contribution < -0.4 is 10.0 Å². The molecule has 8 nitrogen and oxygen atoms in total. The molecule has 0 saturated heterocycles. The molecule has 0 aliphatic carbocycles. The quantitative estimate of drug-likeness (QED) is 0.369. The van der Waals surface area contributed by atoms with Gasteiger partial charge in [0, 0.05) is 18.2 Å². The molecule has 2 N–H and O–H groups in total. The first-order valence-corrected chi connectivity index (χ1v) is 11.5. The number of amides is 1. The first-order valence-electron chi connectivity index (χ1n) is 10.0. The maximum atomic E-state index is 13.4. The lowest BCUT2D eigenvalue weighted by Crippen LogP contribution is -2.19. The van der Waals surface area contributed by atoms with Crippen molar-refractivity contribution in [3.8, 4) is 0 Å². The molecule has 0 heterocycles. The molecule has 0 atom stereocenters. The summed E-state index contributed by atoms with van der Waals surface area (Å²) >= 11 is 0. The number of esters is 1. The van der Waals surface area contributed by atoms with Crippen LogP contribution in [0.15, 0.2) is 71.6 Å². The van der Waals surface area contributed by atoms with Crippen LogP contribution in [0.3, 0.4) is 0 Å². The average molecular weight is 485 g/mol. The largest absolute Gasteiger partial charge is 0.454 e. The van der Waals surface area contributed by atoms with Crippen molar-refractivity contribution < 1.29 is 31.9 Å². The molecule has 0 aliphatic heterocycles. The number of hydrogen-bond donors (Lipinski definition) is 2. The minimum Gasteiger partial charge on any atom is -0.454 e. The number of aryl methyl sites for hydroxylation is 1. The van der Waals surface area contributed by atoms with Crippen molar-refractivity contribution in [1.29, 1.82) is 0 Å². The fourth-order valence-corrected chi connectivity index (χ4v) is 4.41. The molecular formula is C24H21FN2O6S. The predicted octanol–water partition coefficient (Wildman–Crippen LogP) is 3.93. The number of carbonyl (C=O) groups is 3. The number of ketones is 1. The highest BCUT2D eigenvalue weighted by Crippen LogP contribution is 2.23. The summed E-state index contributed by atoms with van der Waals surface area (Å²) in [6.07, 6.45) is 0. The van der Waals surface area contributed by atoms with Gasteiger partial charge in [-0.05, 0) is 67.1 Å². The topological polar surface area (TPSA) is 119 Å². The van der Waals surface area contributed by atoms with Crippen molar-refractivity contribution in [2.45, 2.75) is 18.7 Å². The van der Waals surface area contributed by atoms with Gasteiger partial charge < -0.3 is 10.1 Å². The molecule has 0 unspecified atom stereocenters. The van der Waals surface area contributed by atoms with Gasteiger partial charge in [-0.2, -0.15) is 0 Å². The van der Waals surface area contributed by atoms with Crippen LogP contribution in [-0.4, -0.2) is 32.7 Å². The Morgan fingerprint density at radius 1 is 0.971 bits per heavy atom. The molecular weight excluding hydrogens is 463 g/mol. The number of rotatable bonds is 8. The van der Waals surface area contributed by atoms with Crippen LogP contribution in [0.5, 0.6) is 0 Å². The maximum Gasteiger partial charge on any atom is 0.340 e. The molecule has 3 aromatic rings. The number of carbonyl (C=O) groups excluding carboxylic acids is 3. The summed E-state index contributed by atoms with van der Waals surface area (Å²) < 4.78 is 46.3. The number of benzene rings is 3. The van der Waals surface area contributed by atoms with Crippen molar-refractivity contribution >= 4 is 39.1 Å². The molecule has 0 saturated carbocycles. The van der Waals surface area contributed by atoms with E-state index in [2.05, 4.69) is 10.0 Å². The van der Waals surface area contributed by atoms with Crippen molar-refractivity contribution in [1.82, 2.24) is 0 Å². The van der Waals surface area contributed by atoms with E-state index < -0.39 is 34.2 Å². The average Bonchev–Trinajstić information content (AvgIpc) is 2.77. The summed E-state index contributed by atoms with van der Waals surface area (Å²) in [4.78, 5) is 35.9. The summed E-state index contributed by atoms with van der Waals surface area (Å²) in [5, 5.41) is 2.58. The molecule has 0 radical (unpaired) electrons. The van der Waals surface area contributed by atoms with E-state index in [9.17, 15) is 27.2 Å². The number of hydrogen-bond acceptors (Lipinski definition) is 6. The van der Waals surface area contributed by atoms with Gasteiger partial charge in [0.25, 0.3) is 10.0 Å². The second-order valence-corrected chi connectivity index (χ2v) is 8.97. The molecule has 0 bridgehead atoms. The van der Waals surface area contributed by atoms with E-state index in [1.54, 1.807) is 0 Å². The summed E-state index contributed by atoms with van der Waals surface area (Å²) in [6.45, 7) is 2.24. The number of nitrogens with one attached hydrogen (secondary N) is 2. The standard InChI is InChI=1S/C24H21FN2O6S/c1-15-13-18(25)9-12-23(15)34(31,32)27-21-6-4-3-5-20(21)24(30)33-14-22(29)17-7-10-19(11-8-17)26-16(2)28/h3-13,27H,14H2,1-2H3,(H,26,28). The lowest BCUT2D eigenvalue weighted by Gasteiger charge is -2.13. The van der Waals surface area contributed by atoms with E-state index in [0.29, 0.717) is 5.69 Å². The summed E-state index contributed by atoms with van der Waals surface area (Å²) in [5.74, 6) is -2.22. The zero-order valence-electron chi connectivity index (χ0n) is 18.3. The predicted molar refractivity (Wildman–Crippen MR) is 124 cm³/mol. The Kier molecular flexibility index (Phi) is 7.42. The van der Waals surface area contributed by atoms with Crippen molar-refractivity contribution in [3.63, 3.8) is 0 Å². The number of Topliss-reactive ketones (excluding diaryl/α,β-unsaturated/α-hetero) is 1. The lowest BCUT2D eigenvalue weighted by molar-refractivity contribution is -0.114. The molecule has 3 rings (SSSR count). The Balaban J connectivity index is 1.72. The number of halogens is 1. The van der Waals surface area contributed by atoms with E-state index in [4.69, 9.17) is 4.74 Å². The number of sulfonamides is 1. The molecule has 0 aliphatic rings. The molecule has 0 aromatic heterocycles. The Morgan fingerprint density at radius 2 is 1.65 bits per heavy atom. The van der Waals surface area contributed by atoms with Crippen LogP contribution >= 0.6 is 0 Å². The maximum absolute atomic E-state index is 13.4. The van der Waals surface area contributed by atoms with Gasteiger partial charge in [0.2, 0.25) is 5.91 Å². The first-order chi connectivity index (χ1) is 16.1. The van der Waals surface area contributed by atoms with E-state index in [-0.39, 0.29) is 33.2 Å². The zero-order valence-corrected chi connectivity index (χ0v) is 19.1. The van der Waals surface area contributed by atoms with Gasteiger partial charge in [0.15, 0.2) is 12.4 Å². The molecule has 176 valence electrons. The third-order valence-corrected chi connectivity index (χ3v) is 6.21. The highest BCUT2D eigenvalue weighted by Gasteiger charge is 2.22.